The van der Waals surface area contributed by atoms with E-state index in [2.05, 4.69) is 20.5 Å². The van der Waals surface area contributed by atoms with Gasteiger partial charge in [-0.05, 0) is 49.8 Å². The van der Waals surface area contributed by atoms with Gasteiger partial charge < -0.3 is 10.1 Å². The molecule has 1 N–H and O–H groups in total. The molecule has 1 amide bonds. The number of carbonyl (C=O) groups is 1. The standard InChI is InChI=1S/C26H28FN7O4S/c1-38-19-5-6-23(21(27)13-19)34-24(30-26(35)20-15-29-33-10-2-9-28-25(20)33)14-22(31-34)18-7-11-32(12-8-18)39(36,37)16-17-3-4-17/h2,5-6,9-10,13-15,17-18H,3-4,7-8,11-12,16H2,1H3,(H,30,35). The Morgan fingerprint density at radius 3 is 2.69 bits per heavy atom. The average molecular weight is 554 g/mol. The number of methoxy groups -OCH3 is 1. The monoisotopic (exact) mass is 553 g/mol. The van der Waals surface area contributed by atoms with Gasteiger partial charge in [-0.1, -0.05) is 0 Å². The number of hydrogen-bond donors (Lipinski definition) is 1. The van der Waals surface area contributed by atoms with E-state index in [0.717, 1.165) is 12.8 Å². The normalized spacial score (nSPS) is 17.0. The van der Waals surface area contributed by atoms with E-state index in [0.29, 0.717) is 43.0 Å². The molecule has 4 heterocycles. The van der Waals surface area contributed by atoms with Gasteiger partial charge in [0.2, 0.25) is 10.0 Å². The SMILES string of the molecule is COc1ccc(-n2nc(C3CCN(S(=O)(=O)CC4CC4)CC3)cc2NC(=O)c2cnn3cccnc23)c(F)c1. The third-order valence-electron chi connectivity index (χ3n) is 7.29. The number of rotatable bonds is 8. The molecule has 6 rings (SSSR count). The Bertz CT molecular complexity index is 1640. The second-order valence-corrected chi connectivity index (χ2v) is 12.0. The highest BCUT2D eigenvalue weighted by atomic mass is 32.2. The first-order chi connectivity index (χ1) is 18.8. The third-order valence-corrected chi connectivity index (χ3v) is 9.33. The molecule has 1 aliphatic heterocycles. The number of sulfonamides is 1. The highest BCUT2D eigenvalue weighted by Gasteiger charge is 2.35. The predicted octanol–water partition coefficient (Wildman–Crippen LogP) is 3.23. The lowest BCUT2D eigenvalue weighted by molar-refractivity contribution is 0.102. The lowest BCUT2D eigenvalue weighted by Gasteiger charge is -2.30. The number of anilines is 1. The molecule has 1 aromatic carbocycles. The fraction of sp³-hybridized carbons (Fsp3) is 0.385. The number of carbonyl (C=O) groups excluding carboxylic acids is 1. The van der Waals surface area contributed by atoms with Crippen LogP contribution in [-0.2, 0) is 10.0 Å². The molecule has 3 aromatic heterocycles. The molecule has 0 unspecified atom stereocenters. The zero-order chi connectivity index (χ0) is 27.1. The number of nitrogens with one attached hydrogen (secondary N) is 1. The summed E-state index contributed by atoms with van der Waals surface area (Å²) in [5.41, 5.74) is 1.43. The van der Waals surface area contributed by atoms with Crippen LogP contribution >= 0.6 is 0 Å². The molecule has 1 saturated carbocycles. The van der Waals surface area contributed by atoms with E-state index in [1.807, 2.05) is 0 Å². The lowest BCUT2D eigenvalue weighted by atomic mass is 9.95. The number of ether oxygens (including phenoxy) is 1. The van der Waals surface area contributed by atoms with Crippen LogP contribution in [0.5, 0.6) is 5.75 Å². The Morgan fingerprint density at radius 2 is 1.97 bits per heavy atom. The van der Waals surface area contributed by atoms with Gasteiger partial charge in [-0.2, -0.15) is 10.2 Å². The maximum Gasteiger partial charge on any atom is 0.262 e. The summed E-state index contributed by atoms with van der Waals surface area (Å²) in [6, 6.07) is 7.83. The van der Waals surface area contributed by atoms with Gasteiger partial charge in [-0.25, -0.2) is 31.3 Å². The summed E-state index contributed by atoms with van der Waals surface area (Å²) in [6.45, 7) is 0.804. The lowest BCUT2D eigenvalue weighted by Crippen LogP contribution is -2.39. The molecule has 2 aliphatic rings. The zero-order valence-corrected chi connectivity index (χ0v) is 22.1. The van der Waals surface area contributed by atoms with Crippen molar-refractivity contribution in [3.63, 3.8) is 0 Å². The molecule has 204 valence electrons. The van der Waals surface area contributed by atoms with Crippen LogP contribution in [0.4, 0.5) is 10.2 Å². The molecule has 0 radical (unpaired) electrons. The molecule has 1 aliphatic carbocycles. The first-order valence-corrected chi connectivity index (χ1v) is 14.4. The minimum atomic E-state index is -3.27. The Kier molecular flexibility index (Phi) is 6.55. The summed E-state index contributed by atoms with van der Waals surface area (Å²) in [4.78, 5) is 17.5. The molecule has 39 heavy (non-hydrogen) atoms. The van der Waals surface area contributed by atoms with Gasteiger partial charge >= 0.3 is 0 Å². The number of piperidine rings is 1. The third kappa shape index (κ3) is 5.11. The molecule has 13 heteroatoms. The Labute approximate surface area is 224 Å². The number of hydrogen-bond acceptors (Lipinski definition) is 7. The van der Waals surface area contributed by atoms with Crippen LogP contribution in [0.15, 0.2) is 48.9 Å². The van der Waals surface area contributed by atoms with E-state index in [9.17, 15) is 13.2 Å². The van der Waals surface area contributed by atoms with Crippen molar-refractivity contribution in [3.8, 4) is 11.4 Å². The molecule has 0 spiro atoms. The van der Waals surface area contributed by atoms with Crippen molar-refractivity contribution in [2.75, 3.05) is 31.3 Å². The number of benzene rings is 1. The van der Waals surface area contributed by atoms with Gasteiger partial charge in [0.15, 0.2) is 11.5 Å². The van der Waals surface area contributed by atoms with Crippen molar-refractivity contribution >= 4 is 27.4 Å². The van der Waals surface area contributed by atoms with Crippen LogP contribution in [0.2, 0.25) is 0 Å². The first-order valence-electron chi connectivity index (χ1n) is 12.8. The van der Waals surface area contributed by atoms with E-state index in [4.69, 9.17) is 4.74 Å². The molecule has 11 nitrogen and oxygen atoms in total. The first kappa shape index (κ1) is 25.4. The molecule has 2 fully saturated rings. The van der Waals surface area contributed by atoms with Gasteiger partial charge in [0, 0.05) is 43.5 Å². The molecular formula is C26H28FN7O4S. The van der Waals surface area contributed by atoms with Crippen molar-refractivity contribution in [3.05, 3.63) is 66.0 Å². The minimum absolute atomic E-state index is 0.0470. The highest BCUT2D eigenvalue weighted by Crippen LogP contribution is 2.35. The van der Waals surface area contributed by atoms with Gasteiger partial charge in [0.1, 0.15) is 22.8 Å². The van der Waals surface area contributed by atoms with Crippen LogP contribution in [0.3, 0.4) is 0 Å². The van der Waals surface area contributed by atoms with Crippen LogP contribution in [0.1, 0.15) is 47.7 Å². The second kappa shape index (κ2) is 10.0. The number of aromatic nitrogens is 5. The summed E-state index contributed by atoms with van der Waals surface area (Å²) in [6.07, 6.45) is 7.80. The topological polar surface area (TPSA) is 124 Å². The quantitative estimate of drug-likeness (QED) is 0.355. The van der Waals surface area contributed by atoms with Crippen molar-refractivity contribution in [1.82, 2.24) is 28.7 Å². The van der Waals surface area contributed by atoms with E-state index >= 15 is 4.39 Å². The summed E-state index contributed by atoms with van der Waals surface area (Å²) < 4.78 is 50.1. The number of amides is 1. The van der Waals surface area contributed by atoms with Crippen LogP contribution in [0.25, 0.3) is 11.3 Å². The Morgan fingerprint density at radius 1 is 1.18 bits per heavy atom. The summed E-state index contributed by atoms with van der Waals surface area (Å²) in [7, 11) is -1.82. The smallest absolute Gasteiger partial charge is 0.262 e. The van der Waals surface area contributed by atoms with Gasteiger partial charge in [-0.3, -0.25) is 4.79 Å². The van der Waals surface area contributed by atoms with Crippen LogP contribution in [-0.4, -0.2) is 69.0 Å². The molecule has 1 saturated heterocycles. The van der Waals surface area contributed by atoms with Gasteiger partial charge in [-0.15, -0.1) is 0 Å². The fourth-order valence-corrected chi connectivity index (χ4v) is 6.85. The largest absolute Gasteiger partial charge is 0.497 e. The average Bonchev–Trinajstić information content (AvgIpc) is 3.47. The van der Waals surface area contributed by atoms with E-state index in [1.165, 1.54) is 34.6 Å². The molecule has 0 atom stereocenters. The number of fused-ring (bicyclic) bond motifs is 1. The zero-order valence-electron chi connectivity index (χ0n) is 21.3. The highest BCUT2D eigenvalue weighted by molar-refractivity contribution is 7.89. The predicted molar refractivity (Wildman–Crippen MR) is 141 cm³/mol. The van der Waals surface area contributed by atoms with Crippen molar-refractivity contribution in [2.45, 2.75) is 31.6 Å². The van der Waals surface area contributed by atoms with Crippen LogP contribution in [0, 0.1) is 11.7 Å². The van der Waals surface area contributed by atoms with Gasteiger partial charge in [0.25, 0.3) is 5.91 Å². The Balaban J connectivity index is 1.29. The Hall–Kier alpha value is -3.84. The maximum atomic E-state index is 15.1. The molecule has 4 aromatic rings. The van der Waals surface area contributed by atoms with Crippen molar-refractivity contribution < 1.29 is 22.3 Å². The number of halogens is 1. The fourth-order valence-electron chi connectivity index (χ4n) is 4.95. The minimum Gasteiger partial charge on any atom is -0.497 e. The van der Waals surface area contributed by atoms with E-state index in [1.54, 1.807) is 34.9 Å². The maximum absolute atomic E-state index is 15.1. The van der Waals surface area contributed by atoms with Crippen LogP contribution < -0.4 is 10.1 Å². The van der Waals surface area contributed by atoms with E-state index in [-0.39, 0.29) is 34.7 Å². The molecule has 0 bridgehead atoms. The number of nitrogens with zero attached hydrogens (tertiary/aromatic N) is 6. The summed E-state index contributed by atoms with van der Waals surface area (Å²) in [5, 5.41) is 11.7. The van der Waals surface area contributed by atoms with E-state index < -0.39 is 21.7 Å². The van der Waals surface area contributed by atoms with Crippen molar-refractivity contribution in [1.29, 1.82) is 0 Å². The summed E-state index contributed by atoms with van der Waals surface area (Å²) in [5.74, 6) is 0.0537. The summed E-state index contributed by atoms with van der Waals surface area (Å²) >= 11 is 0. The molecular weight excluding hydrogens is 525 g/mol. The second-order valence-electron chi connectivity index (χ2n) is 9.98. The van der Waals surface area contributed by atoms with Gasteiger partial charge in [0.05, 0.1) is 24.8 Å². The van der Waals surface area contributed by atoms with Crippen molar-refractivity contribution in [2.24, 2.45) is 5.92 Å².